The average Bonchev–Trinajstić information content (AvgIpc) is 2.32. The third-order valence-corrected chi connectivity index (χ3v) is 2.94. The van der Waals surface area contributed by atoms with Crippen LogP contribution in [0.15, 0.2) is 18.2 Å². The smallest absolute Gasteiger partial charge is 0.305 e. The van der Waals surface area contributed by atoms with Gasteiger partial charge in [-0.05, 0) is 12.1 Å². The fourth-order valence-electron chi connectivity index (χ4n) is 1.91. The Labute approximate surface area is 99.6 Å². The molecule has 1 atom stereocenters. The second-order valence-corrected chi connectivity index (χ2v) is 4.01. The fourth-order valence-corrected chi connectivity index (χ4v) is 1.91. The standard InChI is InChI=1S/C12H15NO4/c1-13-8(5-12(14)15)7-17-11-4-3-9(16-2)6-10(11)13/h3-4,6,8H,5,7H2,1-2H3,(H,14,15). The third kappa shape index (κ3) is 2.27. The Bertz CT molecular complexity index is 433. The molecule has 1 unspecified atom stereocenters. The van der Waals surface area contributed by atoms with E-state index in [9.17, 15) is 4.79 Å². The predicted octanol–water partition coefficient (Wildman–Crippen LogP) is 1.37. The lowest BCUT2D eigenvalue weighted by molar-refractivity contribution is -0.137. The molecule has 1 aliphatic heterocycles. The number of nitrogens with zero attached hydrogens (tertiary/aromatic N) is 1. The number of fused-ring (bicyclic) bond motifs is 1. The Hall–Kier alpha value is -1.91. The predicted molar refractivity (Wildman–Crippen MR) is 62.9 cm³/mol. The van der Waals surface area contributed by atoms with Gasteiger partial charge in [-0.3, -0.25) is 4.79 Å². The summed E-state index contributed by atoms with van der Waals surface area (Å²) in [5.74, 6) is 0.668. The highest BCUT2D eigenvalue weighted by Crippen LogP contribution is 2.36. The Morgan fingerprint density at radius 3 is 3.06 bits per heavy atom. The van der Waals surface area contributed by atoms with E-state index >= 15 is 0 Å². The maximum atomic E-state index is 10.7. The molecule has 1 aromatic rings. The van der Waals surface area contributed by atoms with E-state index < -0.39 is 5.97 Å². The number of aliphatic carboxylic acids is 1. The van der Waals surface area contributed by atoms with Crippen molar-refractivity contribution in [1.82, 2.24) is 0 Å². The molecule has 5 heteroatoms. The molecule has 0 fully saturated rings. The molecular formula is C12H15NO4. The molecule has 2 rings (SSSR count). The molecule has 0 spiro atoms. The van der Waals surface area contributed by atoms with E-state index in [-0.39, 0.29) is 12.5 Å². The largest absolute Gasteiger partial charge is 0.497 e. The van der Waals surface area contributed by atoms with Crippen LogP contribution in [0.2, 0.25) is 0 Å². The van der Waals surface area contributed by atoms with Crippen LogP contribution in [0.3, 0.4) is 0 Å². The number of carboxylic acids is 1. The minimum atomic E-state index is -0.822. The Morgan fingerprint density at radius 2 is 2.41 bits per heavy atom. The van der Waals surface area contributed by atoms with Crippen LogP contribution in [0.4, 0.5) is 5.69 Å². The normalized spacial score (nSPS) is 18.2. The maximum Gasteiger partial charge on any atom is 0.305 e. The van der Waals surface area contributed by atoms with Gasteiger partial charge in [-0.15, -0.1) is 0 Å². The molecule has 1 heterocycles. The number of hydrogen-bond donors (Lipinski definition) is 1. The van der Waals surface area contributed by atoms with Gasteiger partial charge >= 0.3 is 5.97 Å². The van der Waals surface area contributed by atoms with Crippen LogP contribution in [-0.2, 0) is 4.79 Å². The van der Waals surface area contributed by atoms with Crippen molar-refractivity contribution in [2.24, 2.45) is 0 Å². The number of benzene rings is 1. The Balaban J connectivity index is 2.26. The van der Waals surface area contributed by atoms with Gasteiger partial charge in [0.05, 0.1) is 25.3 Å². The van der Waals surface area contributed by atoms with Gasteiger partial charge in [0.1, 0.15) is 18.1 Å². The Morgan fingerprint density at radius 1 is 1.65 bits per heavy atom. The molecule has 0 saturated carbocycles. The third-order valence-electron chi connectivity index (χ3n) is 2.94. The number of ether oxygens (including phenoxy) is 2. The number of carbonyl (C=O) groups is 1. The molecule has 5 nitrogen and oxygen atoms in total. The summed E-state index contributed by atoms with van der Waals surface area (Å²) in [5, 5.41) is 8.83. The monoisotopic (exact) mass is 237 g/mol. The number of hydrogen-bond acceptors (Lipinski definition) is 4. The van der Waals surface area contributed by atoms with Crippen molar-refractivity contribution in [3.63, 3.8) is 0 Å². The van der Waals surface area contributed by atoms with Gasteiger partial charge < -0.3 is 19.5 Å². The summed E-state index contributed by atoms with van der Waals surface area (Å²) < 4.78 is 10.7. The van der Waals surface area contributed by atoms with Gasteiger partial charge in [0.15, 0.2) is 0 Å². The number of anilines is 1. The molecule has 0 radical (unpaired) electrons. The molecule has 1 N–H and O–H groups in total. The SMILES string of the molecule is COc1ccc2c(c1)N(C)C(CC(=O)O)CO2. The Kier molecular flexibility index (Phi) is 3.08. The molecule has 0 aliphatic carbocycles. The molecule has 17 heavy (non-hydrogen) atoms. The first-order valence-electron chi connectivity index (χ1n) is 5.37. The van der Waals surface area contributed by atoms with E-state index in [2.05, 4.69) is 0 Å². The van der Waals surface area contributed by atoms with E-state index in [0.29, 0.717) is 6.61 Å². The molecule has 0 bridgehead atoms. The van der Waals surface area contributed by atoms with Crippen molar-refractivity contribution in [2.75, 3.05) is 25.7 Å². The van der Waals surface area contributed by atoms with E-state index in [0.717, 1.165) is 17.2 Å². The highest BCUT2D eigenvalue weighted by Gasteiger charge is 2.26. The minimum absolute atomic E-state index is 0.0626. The summed E-state index contributed by atoms with van der Waals surface area (Å²) in [5.41, 5.74) is 0.863. The van der Waals surface area contributed by atoms with Crippen molar-refractivity contribution in [1.29, 1.82) is 0 Å². The van der Waals surface area contributed by atoms with Gasteiger partial charge in [0, 0.05) is 13.1 Å². The van der Waals surface area contributed by atoms with Gasteiger partial charge in [0.25, 0.3) is 0 Å². The number of methoxy groups -OCH3 is 1. The lowest BCUT2D eigenvalue weighted by Crippen LogP contribution is -2.41. The van der Waals surface area contributed by atoms with Crippen LogP contribution in [0.1, 0.15) is 6.42 Å². The zero-order chi connectivity index (χ0) is 12.4. The molecule has 1 aromatic carbocycles. The summed E-state index contributed by atoms with van der Waals surface area (Å²) in [4.78, 5) is 12.7. The zero-order valence-electron chi connectivity index (χ0n) is 9.84. The number of rotatable bonds is 3. The molecule has 0 aromatic heterocycles. The van der Waals surface area contributed by atoms with E-state index in [4.69, 9.17) is 14.6 Å². The first-order valence-corrected chi connectivity index (χ1v) is 5.37. The van der Waals surface area contributed by atoms with Crippen LogP contribution < -0.4 is 14.4 Å². The molecule has 92 valence electrons. The van der Waals surface area contributed by atoms with Gasteiger partial charge in [-0.1, -0.05) is 0 Å². The van der Waals surface area contributed by atoms with Crippen LogP contribution >= 0.6 is 0 Å². The van der Waals surface area contributed by atoms with E-state index in [1.165, 1.54) is 0 Å². The quantitative estimate of drug-likeness (QED) is 0.860. The van der Waals surface area contributed by atoms with Crippen molar-refractivity contribution >= 4 is 11.7 Å². The number of carboxylic acid groups (broad SMARTS) is 1. The highest BCUT2D eigenvalue weighted by molar-refractivity contribution is 5.70. The zero-order valence-corrected chi connectivity index (χ0v) is 9.84. The lowest BCUT2D eigenvalue weighted by atomic mass is 10.1. The summed E-state index contributed by atoms with van der Waals surface area (Å²) >= 11 is 0. The van der Waals surface area contributed by atoms with E-state index in [1.807, 2.05) is 30.1 Å². The van der Waals surface area contributed by atoms with Crippen molar-refractivity contribution in [3.05, 3.63) is 18.2 Å². The van der Waals surface area contributed by atoms with Crippen LogP contribution in [0.25, 0.3) is 0 Å². The second-order valence-electron chi connectivity index (χ2n) is 4.01. The van der Waals surface area contributed by atoms with Crippen LogP contribution in [-0.4, -0.2) is 37.9 Å². The topological polar surface area (TPSA) is 59.0 Å². The summed E-state index contributed by atoms with van der Waals surface area (Å²) in [6.07, 6.45) is 0.0626. The summed E-state index contributed by atoms with van der Waals surface area (Å²) in [6.45, 7) is 0.391. The second kappa shape index (κ2) is 4.53. The lowest BCUT2D eigenvalue weighted by Gasteiger charge is -2.35. The molecule has 0 saturated heterocycles. The molecule has 0 amide bonds. The molecular weight excluding hydrogens is 222 g/mol. The highest BCUT2D eigenvalue weighted by atomic mass is 16.5. The summed E-state index contributed by atoms with van der Waals surface area (Å²) in [7, 11) is 3.47. The van der Waals surface area contributed by atoms with Crippen LogP contribution in [0.5, 0.6) is 11.5 Å². The average molecular weight is 237 g/mol. The molecule has 1 aliphatic rings. The van der Waals surface area contributed by atoms with Crippen LogP contribution in [0, 0.1) is 0 Å². The van der Waals surface area contributed by atoms with Gasteiger partial charge in [-0.25, -0.2) is 0 Å². The maximum absolute atomic E-state index is 10.7. The first-order chi connectivity index (χ1) is 8.11. The summed E-state index contributed by atoms with van der Waals surface area (Å²) in [6, 6.07) is 5.36. The first kappa shape index (κ1) is 11.6. The van der Waals surface area contributed by atoms with Gasteiger partial charge in [-0.2, -0.15) is 0 Å². The van der Waals surface area contributed by atoms with Gasteiger partial charge in [0.2, 0.25) is 0 Å². The van der Waals surface area contributed by atoms with Crippen molar-refractivity contribution < 1.29 is 19.4 Å². The minimum Gasteiger partial charge on any atom is -0.497 e. The van der Waals surface area contributed by atoms with E-state index in [1.54, 1.807) is 7.11 Å². The fraction of sp³-hybridized carbons (Fsp3) is 0.417. The van der Waals surface area contributed by atoms with Crippen molar-refractivity contribution in [2.45, 2.75) is 12.5 Å². The number of likely N-dealkylation sites (N-methyl/N-ethyl adjacent to an activating group) is 1. The van der Waals surface area contributed by atoms with Crippen molar-refractivity contribution in [3.8, 4) is 11.5 Å².